The van der Waals surface area contributed by atoms with Crippen molar-refractivity contribution in [3.8, 4) is 0 Å². The van der Waals surface area contributed by atoms with Gasteiger partial charge in [0.15, 0.2) is 5.69 Å². The second kappa shape index (κ2) is 9.87. The van der Waals surface area contributed by atoms with Crippen molar-refractivity contribution in [3.63, 3.8) is 0 Å². The van der Waals surface area contributed by atoms with Crippen LogP contribution in [0.2, 0.25) is 0 Å². The molecule has 1 atom stereocenters. The highest BCUT2D eigenvalue weighted by molar-refractivity contribution is 7.98. The van der Waals surface area contributed by atoms with Crippen molar-refractivity contribution < 1.29 is 9.90 Å². The second-order valence-electron chi connectivity index (χ2n) is 6.80. The molecule has 27 heavy (non-hydrogen) atoms. The Kier molecular flexibility index (Phi) is 7.25. The maximum absolute atomic E-state index is 12.1. The number of nitrogens with zero attached hydrogens (tertiary/aromatic N) is 4. The van der Waals surface area contributed by atoms with Gasteiger partial charge in [0, 0.05) is 31.1 Å². The van der Waals surface area contributed by atoms with Gasteiger partial charge in [-0.2, -0.15) is 0 Å². The summed E-state index contributed by atoms with van der Waals surface area (Å²) in [6, 6.07) is 8.95. The van der Waals surface area contributed by atoms with Crippen LogP contribution in [0.4, 0.5) is 0 Å². The Morgan fingerprint density at radius 3 is 2.93 bits per heavy atom. The molecule has 2 aromatic rings. The van der Waals surface area contributed by atoms with Crippen LogP contribution in [0.5, 0.6) is 0 Å². The number of nitrogens with one attached hydrogen (secondary N) is 1. The fraction of sp³-hybridized carbons (Fsp3) is 0.526. The summed E-state index contributed by atoms with van der Waals surface area (Å²) in [4.78, 5) is 15.8. The topological polar surface area (TPSA) is 83.3 Å². The van der Waals surface area contributed by atoms with Crippen LogP contribution in [0.1, 0.15) is 41.4 Å². The predicted molar refractivity (Wildman–Crippen MR) is 106 cm³/mol. The van der Waals surface area contributed by atoms with Crippen LogP contribution in [0, 0.1) is 0 Å². The molecule has 1 aliphatic heterocycles. The van der Waals surface area contributed by atoms with E-state index in [4.69, 9.17) is 5.11 Å². The Balaban J connectivity index is 1.56. The Bertz CT molecular complexity index is 734. The number of thioether (sulfide) groups is 1. The van der Waals surface area contributed by atoms with Crippen molar-refractivity contribution in [2.45, 2.75) is 36.7 Å². The van der Waals surface area contributed by atoms with Gasteiger partial charge in [0.05, 0.1) is 12.2 Å². The second-order valence-corrected chi connectivity index (χ2v) is 7.68. The molecule has 1 amide bonds. The molecule has 0 unspecified atom stereocenters. The number of carbonyl (C=O) groups excluding carboxylic acids is 1. The lowest BCUT2D eigenvalue weighted by Gasteiger charge is -2.32. The normalized spacial score (nSPS) is 17.8. The average Bonchev–Trinajstić information content (AvgIpc) is 3.19. The highest BCUT2D eigenvalue weighted by Crippen LogP contribution is 2.23. The lowest BCUT2D eigenvalue weighted by molar-refractivity contribution is 0.0946. The molecule has 1 aromatic heterocycles. The predicted octanol–water partition coefficient (Wildman–Crippen LogP) is 1.95. The van der Waals surface area contributed by atoms with Crippen LogP contribution in [0.15, 0.2) is 35.4 Å². The SMILES string of the molecule is CSc1ccc(CN2CCC[C@@H](n3cc(C(=O)NCCCO)nn3)C2)cc1. The monoisotopic (exact) mass is 389 g/mol. The third kappa shape index (κ3) is 5.54. The number of benzene rings is 1. The summed E-state index contributed by atoms with van der Waals surface area (Å²) >= 11 is 1.75. The van der Waals surface area contributed by atoms with E-state index in [9.17, 15) is 4.79 Å². The first kappa shape index (κ1) is 19.9. The summed E-state index contributed by atoms with van der Waals surface area (Å²) in [6.45, 7) is 3.40. The lowest BCUT2D eigenvalue weighted by atomic mass is 10.0. The molecule has 1 aromatic carbocycles. The minimum atomic E-state index is -0.240. The smallest absolute Gasteiger partial charge is 0.273 e. The lowest BCUT2D eigenvalue weighted by Crippen LogP contribution is -2.36. The van der Waals surface area contributed by atoms with Gasteiger partial charge in [-0.15, -0.1) is 16.9 Å². The van der Waals surface area contributed by atoms with E-state index >= 15 is 0 Å². The van der Waals surface area contributed by atoms with Gasteiger partial charge in [-0.25, -0.2) is 4.68 Å². The Labute approximate surface area is 164 Å². The first-order valence-electron chi connectivity index (χ1n) is 9.36. The van der Waals surface area contributed by atoms with Crippen LogP contribution in [0.25, 0.3) is 0 Å². The zero-order valence-electron chi connectivity index (χ0n) is 15.7. The number of aromatic nitrogens is 3. The van der Waals surface area contributed by atoms with Gasteiger partial charge in [0.2, 0.25) is 0 Å². The van der Waals surface area contributed by atoms with E-state index in [1.807, 2.05) is 4.68 Å². The summed E-state index contributed by atoms with van der Waals surface area (Å²) in [5.74, 6) is -0.240. The van der Waals surface area contributed by atoms with Crippen molar-refractivity contribution in [1.82, 2.24) is 25.2 Å². The fourth-order valence-corrected chi connectivity index (χ4v) is 3.72. The van der Waals surface area contributed by atoms with E-state index in [1.165, 1.54) is 10.5 Å². The van der Waals surface area contributed by atoms with Gasteiger partial charge in [-0.3, -0.25) is 9.69 Å². The number of aliphatic hydroxyl groups is 1. The first-order valence-corrected chi connectivity index (χ1v) is 10.6. The average molecular weight is 390 g/mol. The molecule has 7 nitrogen and oxygen atoms in total. The van der Waals surface area contributed by atoms with E-state index in [2.05, 4.69) is 51.1 Å². The molecule has 0 bridgehead atoms. The molecule has 2 heterocycles. The van der Waals surface area contributed by atoms with E-state index < -0.39 is 0 Å². The van der Waals surface area contributed by atoms with Gasteiger partial charge in [0.1, 0.15) is 0 Å². The van der Waals surface area contributed by atoms with Gasteiger partial charge >= 0.3 is 0 Å². The van der Waals surface area contributed by atoms with E-state index in [0.29, 0.717) is 18.7 Å². The van der Waals surface area contributed by atoms with Crippen molar-refractivity contribution in [1.29, 1.82) is 0 Å². The summed E-state index contributed by atoms with van der Waals surface area (Å²) in [7, 11) is 0. The number of hydrogen-bond donors (Lipinski definition) is 2. The van der Waals surface area contributed by atoms with Crippen LogP contribution in [-0.2, 0) is 6.54 Å². The first-order chi connectivity index (χ1) is 13.2. The van der Waals surface area contributed by atoms with Gasteiger partial charge in [-0.1, -0.05) is 17.3 Å². The van der Waals surface area contributed by atoms with Crippen LogP contribution >= 0.6 is 11.8 Å². The van der Waals surface area contributed by atoms with Crippen molar-refractivity contribution in [2.24, 2.45) is 0 Å². The molecular weight excluding hydrogens is 362 g/mol. The van der Waals surface area contributed by atoms with Gasteiger partial charge < -0.3 is 10.4 Å². The number of amides is 1. The molecule has 2 N–H and O–H groups in total. The Hall–Kier alpha value is -1.90. The summed E-state index contributed by atoms with van der Waals surface area (Å²) in [5.41, 5.74) is 1.65. The molecule has 1 saturated heterocycles. The Morgan fingerprint density at radius 2 is 2.19 bits per heavy atom. The summed E-state index contributed by atoms with van der Waals surface area (Å²) in [5, 5.41) is 19.7. The molecule has 0 aliphatic carbocycles. The number of rotatable bonds is 8. The van der Waals surface area contributed by atoms with E-state index in [0.717, 1.165) is 32.5 Å². The zero-order chi connectivity index (χ0) is 19.1. The quantitative estimate of drug-likeness (QED) is 0.530. The molecule has 0 radical (unpaired) electrons. The minimum Gasteiger partial charge on any atom is -0.396 e. The molecule has 0 saturated carbocycles. The molecule has 1 aliphatic rings. The Morgan fingerprint density at radius 1 is 1.37 bits per heavy atom. The fourth-order valence-electron chi connectivity index (χ4n) is 3.31. The van der Waals surface area contributed by atoms with Crippen LogP contribution < -0.4 is 5.32 Å². The summed E-state index contributed by atoms with van der Waals surface area (Å²) in [6.07, 6.45) is 6.50. The third-order valence-electron chi connectivity index (χ3n) is 4.78. The number of piperidine rings is 1. The number of likely N-dealkylation sites (tertiary alicyclic amines) is 1. The number of hydrogen-bond acceptors (Lipinski definition) is 6. The highest BCUT2D eigenvalue weighted by Gasteiger charge is 2.23. The van der Waals surface area contributed by atoms with Crippen LogP contribution in [0.3, 0.4) is 0 Å². The number of aliphatic hydroxyl groups excluding tert-OH is 1. The largest absolute Gasteiger partial charge is 0.396 e. The molecule has 3 rings (SSSR count). The van der Waals surface area contributed by atoms with Gasteiger partial charge in [-0.05, 0) is 49.8 Å². The van der Waals surface area contributed by atoms with E-state index in [-0.39, 0.29) is 18.6 Å². The van der Waals surface area contributed by atoms with Crippen molar-refractivity contribution in [3.05, 3.63) is 41.7 Å². The maximum Gasteiger partial charge on any atom is 0.273 e. The highest BCUT2D eigenvalue weighted by atomic mass is 32.2. The molecule has 146 valence electrons. The molecule has 1 fully saturated rings. The zero-order valence-corrected chi connectivity index (χ0v) is 16.5. The third-order valence-corrected chi connectivity index (χ3v) is 5.53. The maximum atomic E-state index is 12.1. The standard InChI is InChI=1S/C19H27N5O2S/c1-27-17-7-5-15(6-8-17)12-23-10-2-4-16(13-23)24-14-18(21-22-24)19(26)20-9-3-11-25/h5-8,14,16,25H,2-4,9-13H2,1H3,(H,20,26)/t16-/m1/s1. The number of carbonyl (C=O) groups is 1. The van der Waals surface area contributed by atoms with Crippen LogP contribution in [-0.4, -0.2) is 63.4 Å². The minimum absolute atomic E-state index is 0.0604. The van der Waals surface area contributed by atoms with E-state index in [1.54, 1.807) is 18.0 Å². The molecule has 0 spiro atoms. The van der Waals surface area contributed by atoms with Crippen molar-refractivity contribution >= 4 is 17.7 Å². The summed E-state index contributed by atoms with van der Waals surface area (Å²) < 4.78 is 1.82. The van der Waals surface area contributed by atoms with Crippen molar-refractivity contribution in [2.75, 3.05) is 32.5 Å². The molecule has 8 heteroatoms. The van der Waals surface area contributed by atoms with Gasteiger partial charge in [0.25, 0.3) is 5.91 Å². The molecular formula is C19H27N5O2S.